The van der Waals surface area contributed by atoms with E-state index in [1.165, 1.54) is 31.0 Å². The molecule has 0 spiro atoms. The van der Waals surface area contributed by atoms with Crippen LogP contribution in [0.15, 0.2) is 29.2 Å². The summed E-state index contributed by atoms with van der Waals surface area (Å²) in [6, 6.07) is 6.35. The van der Waals surface area contributed by atoms with Crippen LogP contribution in [0.5, 0.6) is 0 Å². The summed E-state index contributed by atoms with van der Waals surface area (Å²) in [5.74, 6) is -0.704. The second kappa shape index (κ2) is 6.20. The van der Waals surface area contributed by atoms with Gasteiger partial charge in [0.1, 0.15) is 11.4 Å². The molecule has 1 rings (SSSR count). The van der Waals surface area contributed by atoms with Gasteiger partial charge in [0.25, 0.3) is 0 Å². The van der Waals surface area contributed by atoms with Crippen LogP contribution in [-0.2, 0) is 9.53 Å². The molecule has 1 aromatic rings. The normalized spacial score (nSPS) is 15.8. The molecular weight excluding hydrogens is 253 g/mol. The molecule has 1 aromatic carbocycles. The fraction of sp³-hybridized carbons (Fsp3) is 0.462. The van der Waals surface area contributed by atoms with Gasteiger partial charge in [0.2, 0.25) is 0 Å². The quantitative estimate of drug-likeness (QED) is 0.660. The second-order valence-electron chi connectivity index (χ2n) is 4.50. The molecule has 2 N–H and O–H groups in total. The Kier molecular flexibility index (Phi) is 5.16. The number of carbonyl (C=O) groups is 1. The van der Waals surface area contributed by atoms with Gasteiger partial charge in [-0.1, -0.05) is 13.0 Å². The summed E-state index contributed by atoms with van der Waals surface area (Å²) >= 11 is 1.48. The molecule has 0 bridgehead atoms. The van der Waals surface area contributed by atoms with E-state index in [-0.39, 0.29) is 11.1 Å². The zero-order valence-corrected chi connectivity index (χ0v) is 11.6. The third-order valence-corrected chi connectivity index (χ3v) is 3.59. The highest BCUT2D eigenvalue weighted by Gasteiger charge is 2.31. The third kappa shape index (κ3) is 4.31. The summed E-state index contributed by atoms with van der Waals surface area (Å²) in [5, 5.41) is 0.0842. The van der Waals surface area contributed by atoms with E-state index < -0.39 is 11.5 Å². The first-order valence-electron chi connectivity index (χ1n) is 5.64. The van der Waals surface area contributed by atoms with Crippen LogP contribution >= 0.6 is 11.8 Å². The summed E-state index contributed by atoms with van der Waals surface area (Å²) in [7, 11) is 1.32. The first-order chi connectivity index (χ1) is 8.35. The maximum absolute atomic E-state index is 13.0. The van der Waals surface area contributed by atoms with Crippen LogP contribution in [0.25, 0.3) is 0 Å². The first-order valence-corrected chi connectivity index (χ1v) is 6.52. The maximum atomic E-state index is 13.0. The molecule has 0 aliphatic carbocycles. The van der Waals surface area contributed by atoms with E-state index in [2.05, 4.69) is 4.74 Å². The van der Waals surface area contributed by atoms with Crippen molar-refractivity contribution in [2.24, 2.45) is 5.73 Å². The Balaban J connectivity index is 2.61. The number of methoxy groups -OCH3 is 1. The Morgan fingerprint density at radius 1 is 1.61 bits per heavy atom. The van der Waals surface area contributed by atoms with E-state index in [9.17, 15) is 9.18 Å². The monoisotopic (exact) mass is 271 g/mol. The van der Waals surface area contributed by atoms with E-state index >= 15 is 0 Å². The second-order valence-corrected chi connectivity index (χ2v) is 6.01. The first kappa shape index (κ1) is 15.0. The number of nitrogens with two attached hydrogens (primary N) is 1. The van der Waals surface area contributed by atoms with Crippen molar-refractivity contribution in [2.45, 2.75) is 36.0 Å². The average molecular weight is 271 g/mol. The molecule has 2 unspecified atom stereocenters. The van der Waals surface area contributed by atoms with Gasteiger partial charge in [0.15, 0.2) is 0 Å². The lowest BCUT2D eigenvalue weighted by atomic mass is 9.98. The van der Waals surface area contributed by atoms with Crippen LogP contribution in [0.3, 0.4) is 0 Å². The molecule has 100 valence electrons. The van der Waals surface area contributed by atoms with Crippen molar-refractivity contribution in [3.05, 3.63) is 30.1 Å². The van der Waals surface area contributed by atoms with Crippen LogP contribution in [0, 0.1) is 5.82 Å². The van der Waals surface area contributed by atoms with Crippen molar-refractivity contribution in [1.82, 2.24) is 0 Å². The smallest absolute Gasteiger partial charge is 0.325 e. The molecule has 0 saturated carbocycles. The summed E-state index contributed by atoms with van der Waals surface area (Å²) in [6.07, 6.45) is 0.459. The summed E-state index contributed by atoms with van der Waals surface area (Å²) in [5.41, 5.74) is 4.87. The molecular formula is C13H18FNO2S. The molecule has 5 heteroatoms. The van der Waals surface area contributed by atoms with E-state index in [1.807, 2.05) is 13.0 Å². The number of thioether (sulfide) groups is 1. The van der Waals surface area contributed by atoms with E-state index in [0.717, 1.165) is 4.90 Å². The van der Waals surface area contributed by atoms with Gasteiger partial charge >= 0.3 is 5.97 Å². The van der Waals surface area contributed by atoms with Crippen LogP contribution in [-0.4, -0.2) is 23.9 Å². The van der Waals surface area contributed by atoms with Crippen LogP contribution < -0.4 is 5.73 Å². The lowest BCUT2D eigenvalue weighted by Gasteiger charge is -2.24. The molecule has 0 radical (unpaired) electrons. The Labute approximate surface area is 111 Å². The summed E-state index contributed by atoms with van der Waals surface area (Å²) in [4.78, 5) is 12.3. The van der Waals surface area contributed by atoms with Crippen molar-refractivity contribution in [2.75, 3.05) is 7.11 Å². The van der Waals surface area contributed by atoms with Crippen LogP contribution in [0.1, 0.15) is 20.3 Å². The van der Waals surface area contributed by atoms with Crippen molar-refractivity contribution >= 4 is 17.7 Å². The Morgan fingerprint density at radius 3 is 2.83 bits per heavy atom. The highest BCUT2D eigenvalue weighted by Crippen LogP contribution is 2.28. The highest BCUT2D eigenvalue weighted by atomic mass is 32.2. The standard InChI is InChI=1S/C13H18FNO2S/c1-9(8-13(2,15)12(16)17-3)18-11-6-4-5-10(14)7-11/h4-7,9H,8,15H2,1-3H3. The van der Waals surface area contributed by atoms with Gasteiger partial charge in [-0.05, 0) is 31.5 Å². The molecule has 0 saturated heterocycles. The predicted molar refractivity (Wildman–Crippen MR) is 70.9 cm³/mol. The number of hydrogen-bond acceptors (Lipinski definition) is 4. The van der Waals surface area contributed by atoms with E-state index in [0.29, 0.717) is 6.42 Å². The predicted octanol–water partition coefficient (Wildman–Crippen LogP) is 2.59. The van der Waals surface area contributed by atoms with Crippen molar-refractivity contribution in [1.29, 1.82) is 0 Å². The minimum absolute atomic E-state index is 0.0842. The molecule has 0 aliphatic heterocycles. The van der Waals surface area contributed by atoms with Gasteiger partial charge in [-0.15, -0.1) is 11.8 Å². The van der Waals surface area contributed by atoms with Gasteiger partial charge in [0, 0.05) is 10.1 Å². The number of benzene rings is 1. The highest BCUT2D eigenvalue weighted by molar-refractivity contribution is 7.99. The lowest BCUT2D eigenvalue weighted by molar-refractivity contribution is -0.146. The number of hydrogen-bond donors (Lipinski definition) is 1. The average Bonchev–Trinajstić information content (AvgIpc) is 2.26. The van der Waals surface area contributed by atoms with Crippen LogP contribution in [0.4, 0.5) is 4.39 Å². The molecule has 0 fully saturated rings. The topological polar surface area (TPSA) is 52.3 Å². The van der Waals surface area contributed by atoms with Crippen LogP contribution in [0.2, 0.25) is 0 Å². The van der Waals surface area contributed by atoms with Gasteiger partial charge < -0.3 is 10.5 Å². The minimum atomic E-state index is -1.02. The Morgan fingerprint density at radius 2 is 2.28 bits per heavy atom. The molecule has 0 aromatic heterocycles. The largest absolute Gasteiger partial charge is 0.468 e. The van der Waals surface area contributed by atoms with E-state index in [1.54, 1.807) is 13.0 Å². The fourth-order valence-electron chi connectivity index (χ4n) is 1.73. The zero-order chi connectivity index (χ0) is 13.8. The molecule has 0 amide bonds. The fourth-order valence-corrected chi connectivity index (χ4v) is 2.96. The van der Waals surface area contributed by atoms with Gasteiger partial charge in [-0.25, -0.2) is 4.39 Å². The maximum Gasteiger partial charge on any atom is 0.325 e. The SMILES string of the molecule is COC(=O)C(C)(N)CC(C)Sc1cccc(F)c1. The van der Waals surface area contributed by atoms with Gasteiger partial charge in [-0.3, -0.25) is 4.79 Å². The summed E-state index contributed by atoms with van der Waals surface area (Å²) < 4.78 is 17.7. The van der Waals surface area contributed by atoms with Gasteiger partial charge in [-0.2, -0.15) is 0 Å². The molecule has 0 heterocycles. The molecule has 2 atom stereocenters. The third-order valence-electron chi connectivity index (χ3n) is 2.50. The van der Waals surface area contributed by atoms with Crippen molar-refractivity contribution < 1.29 is 13.9 Å². The molecule has 0 aliphatic rings. The zero-order valence-electron chi connectivity index (χ0n) is 10.8. The number of carbonyl (C=O) groups excluding carboxylic acids is 1. The molecule has 3 nitrogen and oxygen atoms in total. The molecule has 18 heavy (non-hydrogen) atoms. The van der Waals surface area contributed by atoms with Crippen molar-refractivity contribution in [3.63, 3.8) is 0 Å². The minimum Gasteiger partial charge on any atom is -0.468 e. The van der Waals surface area contributed by atoms with E-state index in [4.69, 9.17) is 5.73 Å². The number of rotatable bonds is 5. The summed E-state index contributed by atoms with van der Waals surface area (Å²) in [6.45, 7) is 3.59. The number of halogens is 1. The number of esters is 1. The van der Waals surface area contributed by atoms with Crippen molar-refractivity contribution in [3.8, 4) is 0 Å². The number of ether oxygens (including phenoxy) is 1. The van der Waals surface area contributed by atoms with Gasteiger partial charge in [0.05, 0.1) is 7.11 Å². The Bertz CT molecular complexity index is 423. The lowest BCUT2D eigenvalue weighted by Crippen LogP contribution is -2.47. The Hall–Kier alpha value is -1.07.